The molecule has 0 fully saturated rings. The van der Waals surface area contributed by atoms with E-state index < -0.39 is 17.9 Å². The largest absolute Gasteiger partial charge is 0.481 e. The highest BCUT2D eigenvalue weighted by Crippen LogP contribution is 2.28. The van der Waals surface area contributed by atoms with E-state index in [2.05, 4.69) is 10.6 Å². The third kappa shape index (κ3) is 4.57. The van der Waals surface area contributed by atoms with E-state index in [0.717, 1.165) is 16.8 Å². The first-order valence-corrected chi connectivity index (χ1v) is 9.41. The van der Waals surface area contributed by atoms with Crippen molar-refractivity contribution in [1.82, 2.24) is 5.32 Å². The summed E-state index contributed by atoms with van der Waals surface area (Å²) < 4.78 is 0. The first kappa shape index (κ1) is 19.6. The Balaban J connectivity index is 1.62. The Bertz CT molecular complexity index is 866. The van der Waals surface area contributed by atoms with Crippen molar-refractivity contribution in [2.75, 3.05) is 5.32 Å². The van der Waals surface area contributed by atoms with Gasteiger partial charge in [0.05, 0.1) is 12.0 Å². The van der Waals surface area contributed by atoms with Crippen LogP contribution in [-0.2, 0) is 20.8 Å². The van der Waals surface area contributed by atoms with Crippen molar-refractivity contribution >= 4 is 23.5 Å². The second kappa shape index (κ2) is 8.69. The second-order valence-corrected chi connectivity index (χ2v) is 7.17. The van der Waals surface area contributed by atoms with Crippen molar-refractivity contribution in [2.45, 2.75) is 32.2 Å². The van der Waals surface area contributed by atoms with Gasteiger partial charge in [-0.2, -0.15) is 0 Å². The average molecular weight is 380 g/mol. The van der Waals surface area contributed by atoms with Crippen molar-refractivity contribution in [2.24, 2.45) is 11.8 Å². The summed E-state index contributed by atoms with van der Waals surface area (Å²) in [6.45, 7) is 1.58. The van der Waals surface area contributed by atoms with Crippen LogP contribution in [0.1, 0.15) is 36.9 Å². The predicted octanol–water partition coefficient (Wildman–Crippen LogP) is 3.16. The lowest BCUT2D eigenvalue weighted by atomic mass is 9.89. The molecule has 0 bridgehead atoms. The van der Waals surface area contributed by atoms with Gasteiger partial charge in [-0.25, -0.2) is 0 Å². The van der Waals surface area contributed by atoms with Gasteiger partial charge in [-0.1, -0.05) is 48.5 Å². The number of aliphatic carboxylic acids is 1. The van der Waals surface area contributed by atoms with Gasteiger partial charge in [0, 0.05) is 18.0 Å². The van der Waals surface area contributed by atoms with Crippen molar-refractivity contribution in [3.8, 4) is 0 Å². The minimum absolute atomic E-state index is 0.0787. The summed E-state index contributed by atoms with van der Waals surface area (Å²) in [6, 6.07) is 16.1. The van der Waals surface area contributed by atoms with Gasteiger partial charge in [-0.05, 0) is 37.0 Å². The Labute approximate surface area is 164 Å². The molecule has 1 heterocycles. The summed E-state index contributed by atoms with van der Waals surface area (Å²) in [5.41, 5.74) is 2.64. The van der Waals surface area contributed by atoms with Crippen LogP contribution in [0.25, 0.3) is 0 Å². The molecule has 0 radical (unpaired) electrons. The number of carbonyl (C=O) groups is 3. The highest BCUT2D eigenvalue weighted by molar-refractivity contribution is 5.96. The van der Waals surface area contributed by atoms with E-state index in [4.69, 9.17) is 0 Å². The molecule has 0 saturated heterocycles. The zero-order chi connectivity index (χ0) is 20.1. The Morgan fingerprint density at radius 3 is 2.54 bits per heavy atom. The topological polar surface area (TPSA) is 95.5 Å². The minimum Gasteiger partial charge on any atom is -0.481 e. The van der Waals surface area contributed by atoms with Crippen molar-refractivity contribution in [3.63, 3.8) is 0 Å². The van der Waals surface area contributed by atoms with Gasteiger partial charge in [-0.15, -0.1) is 0 Å². The molecule has 28 heavy (non-hydrogen) atoms. The van der Waals surface area contributed by atoms with Gasteiger partial charge in [-0.3, -0.25) is 14.4 Å². The Kier molecular flexibility index (Phi) is 6.09. The zero-order valence-corrected chi connectivity index (χ0v) is 15.7. The number of fused-ring (bicyclic) bond motifs is 1. The van der Waals surface area contributed by atoms with Crippen molar-refractivity contribution in [3.05, 3.63) is 65.7 Å². The van der Waals surface area contributed by atoms with Gasteiger partial charge in [0.15, 0.2) is 0 Å². The summed E-state index contributed by atoms with van der Waals surface area (Å²) in [5.74, 6) is -2.35. The van der Waals surface area contributed by atoms with Crippen molar-refractivity contribution < 1.29 is 19.5 Å². The molecule has 3 unspecified atom stereocenters. The fourth-order valence-corrected chi connectivity index (χ4v) is 3.50. The maximum absolute atomic E-state index is 12.5. The maximum atomic E-state index is 12.5. The molecule has 0 aromatic heterocycles. The molecule has 0 saturated carbocycles. The van der Waals surface area contributed by atoms with Gasteiger partial charge >= 0.3 is 5.97 Å². The average Bonchev–Trinajstić information content (AvgIpc) is 2.70. The van der Waals surface area contributed by atoms with Crippen LogP contribution in [0.15, 0.2) is 54.6 Å². The number of carboxylic acid groups (broad SMARTS) is 1. The SMILES string of the molecule is CC(C(=O)O)C(NC(=O)CCC1Cc2ccccc2NC1=O)c1ccccc1. The summed E-state index contributed by atoms with van der Waals surface area (Å²) in [7, 11) is 0. The van der Waals surface area contributed by atoms with Gasteiger partial charge < -0.3 is 15.7 Å². The number of nitrogens with one attached hydrogen (secondary N) is 2. The van der Waals surface area contributed by atoms with Crippen LogP contribution in [0.5, 0.6) is 0 Å². The first-order chi connectivity index (χ1) is 13.5. The van der Waals surface area contributed by atoms with E-state index in [1.54, 1.807) is 19.1 Å². The number of carbonyl (C=O) groups excluding carboxylic acids is 2. The molecule has 3 N–H and O–H groups in total. The second-order valence-electron chi connectivity index (χ2n) is 7.17. The number of hydrogen-bond donors (Lipinski definition) is 3. The summed E-state index contributed by atoms with van der Waals surface area (Å²) in [4.78, 5) is 36.3. The number of carboxylic acids is 1. The smallest absolute Gasteiger partial charge is 0.308 e. The van der Waals surface area contributed by atoms with E-state index in [1.165, 1.54) is 0 Å². The number of hydrogen-bond acceptors (Lipinski definition) is 3. The van der Waals surface area contributed by atoms with E-state index in [-0.39, 0.29) is 24.2 Å². The minimum atomic E-state index is -0.975. The van der Waals surface area contributed by atoms with Crippen LogP contribution in [0.3, 0.4) is 0 Å². The number of amides is 2. The molecular formula is C22H24N2O4. The molecule has 2 aromatic carbocycles. The van der Waals surface area contributed by atoms with Gasteiger partial charge in [0.1, 0.15) is 0 Å². The standard InChI is InChI=1S/C22H24N2O4/c1-14(22(27)28)20(15-7-3-2-4-8-15)24-19(25)12-11-17-13-16-9-5-6-10-18(16)23-21(17)26/h2-10,14,17,20H,11-13H2,1H3,(H,23,26)(H,24,25)(H,27,28). The van der Waals surface area contributed by atoms with Crippen LogP contribution >= 0.6 is 0 Å². The number of para-hydroxylation sites is 1. The fraction of sp³-hybridized carbons (Fsp3) is 0.318. The molecule has 2 aromatic rings. The van der Waals surface area contributed by atoms with Crippen LogP contribution in [-0.4, -0.2) is 22.9 Å². The molecular weight excluding hydrogens is 356 g/mol. The molecule has 146 valence electrons. The first-order valence-electron chi connectivity index (χ1n) is 9.41. The van der Waals surface area contributed by atoms with Crippen LogP contribution in [0, 0.1) is 11.8 Å². The monoisotopic (exact) mass is 380 g/mol. The van der Waals surface area contributed by atoms with Gasteiger partial charge in [0.2, 0.25) is 11.8 Å². The molecule has 2 amide bonds. The Morgan fingerprint density at radius 2 is 1.82 bits per heavy atom. The van der Waals surface area contributed by atoms with E-state index in [9.17, 15) is 19.5 Å². The van der Waals surface area contributed by atoms with Crippen molar-refractivity contribution in [1.29, 1.82) is 0 Å². The number of benzene rings is 2. The highest BCUT2D eigenvalue weighted by Gasteiger charge is 2.29. The number of rotatable bonds is 7. The molecule has 0 spiro atoms. The summed E-state index contributed by atoms with van der Waals surface area (Å²) in [5, 5.41) is 15.1. The molecule has 3 atom stereocenters. The third-order valence-electron chi connectivity index (χ3n) is 5.20. The van der Waals surface area contributed by atoms with E-state index >= 15 is 0 Å². The predicted molar refractivity (Wildman–Crippen MR) is 106 cm³/mol. The molecule has 6 heteroatoms. The van der Waals surface area contributed by atoms with Crippen LogP contribution in [0.4, 0.5) is 5.69 Å². The lowest BCUT2D eigenvalue weighted by Gasteiger charge is -2.25. The zero-order valence-electron chi connectivity index (χ0n) is 15.7. The summed E-state index contributed by atoms with van der Waals surface area (Å²) >= 11 is 0. The van der Waals surface area contributed by atoms with Crippen LogP contribution < -0.4 is 10.6 Å². The fourth-order valence-electron chi connectivity index (χ4n) is 3.50. The maximum Gasteiger partial charge on any atom is 0.308 e. The Morgan fingerprint density at radius 1 is 1.14 bits per heavy atom. The van der Waals surface area contributed by atoms with E-state index in [0.29, 0.717) is 12.8 Å². The highest BCUT2D eigenvalue weighted by atomic mass is 16.4. The van der Waals surface area contributed by atoms with Gasteiger partial charge in [0.25, 0.3) is 0 Å². The molecule has 1 aliphatic rings. The third-order valence-corrected chi connectivity index (χ3v) is 5.20. The van der Waals surface area contributed by atoms with E-state index in [1.807, 2.05) is 42.5 Å². The number of anilines is 1. The summed E-state index contributed by atoms with van der Waals surface area (Å²) in [6.07, 6.45) is 1.17. The molecule has 6 nitrogen and oxygen atoms in total. The molecule has 3 rings (SSSR count). The Hall–Kier alpha value is -3.15. The van der Waals surface area contributed by atoms with Crippen LogP contribution in [0.2, 0.25) is 0 Å². The lowest BCUT2D eigenvalue weighted by molar-refractivity contribution is -0.142. The normalized spacial score (nSPS) is 17.8. The molecule has 1 aliphatic heterocycles. The molecule has 0 aliphatic carbocycles. The quantitative estimate of drug-likeness (QED) is 0.688. The lowest BCUT2D eigenvalue weighted by Crippen LogP contribution is -2.36.